The topological polar surface area (TPSA) is 25.2 Å². The van der Waals surface area contributed by atoms with Gasteiger partial charge in [-0.2, -0.15) is 13.2 Å². The van der Waals surface area contributed by atoms with Gasteiger partial charge in [-0.25, -0.2) is 0 Å². The van der Waals surface area contributed by atoms with Crippen molar-refractivity contribution in [3.8, 4) is 0 Å². The highest BCUT2D eigenvalue weighted by atomic mass is 79.9. The number of rotatable bonds is 5. The third-order valence-electron chi connectivity index (χ3n) is 3.09. The molecule has 0 spiro atoms. The van der Waals surface area contributed by atoms with Gasteiger partial charge in [0.25, 0.3) is 0 Å². The Labute approximate surface area is 129 Å². The Kier molecular flexibility index (Phi) is 4.98. The van der Waals surface area contributed by atoms with Gasteiger partial charge in [0, 0.05) is 22.6 Å². The van der Waals surface area contributed by atoms with Gasteiger partial charge in [0.05, 0.1) is 11.8 Å². The van der Waals surface area contributed by atoms with Crippen molar-refractivity contribution in [1.82, 2.24) is 0 Å². The molecule has 2 rings (SSSR count). The molecular formula is C15H15BrF3NO. The van der Waals surface area contributed by atoms with E-state index in [0.717, 1.165) is 24.7 Å². The molecule has 2 nitrogen and oxygen atoms in total. The van der Waals surface area contributed by atoms with Crippen LogP contribution in [0.1, 0.15) is 24.7 Å². The summed E-state index contributed by atoms with van der Waals surface area (Å²) in [4.78, 5) is 0. The molecule has 0 radical (unpaired) electrons. The van der Waals surface area contributed by atoms with Crippen LogP contribution in [0.15, 0.2) is 45.5 Å². The molecule has 0 saturated heterocycles. The largest absolute Gasteiger partial charge is 0.469 e. The third kappa shape index (κ3) is 4.52. The molecule has 0 aliphatic carbocycles. The van der Waals surface area contributed by atoms with E-state index < -0.39 is 11.7 Å². The van der Waals surface area contributed by atoms with Crippen molar-refractivity contribution < 1.29 is 17.6 Å². The zero-order chi connectivity index (χ0) is 15.5. The molecule has 1 aromatic carbocycles. The van der Waals surface area contributed by atoms with Crippen molar-refractivity contribution in [2.24, 2.45) is 0 Å². The zero-order valence-corrected chi connectivity index (χ0v) is 13.0. The van der Waals surface area contributed by atoms with E-state index in [1.807, 2.05) is 19.1 Å². The standard InChI is InChI=1S/C15H15BrF3NO/c1-10(4-6-12-3-2-8-21-12)20-11-5-7-14(16)13(9-11)15(17,18)19/h2-3,5,7-10,20H,4,6H2,1H3. The zero-order valence-electron chi connectivity index (χ0n) is 11.4. The summed E-state index contributed by atoms with van der Waals surface area (Å²) in [5, 5.41) is 3.08. The Morgan fingerprint density at radius 3 is 2.67 bits per heavy atom. The SMILES string of the molecule is CC(CCc1ccco1)Nc1ccc(Br)c(C(F)(F)F)c1. The fourth-order valence-corrected chi connectivity index (χ4v) is 2.47. The van der Waals surface area contributed by atoms with Crippen molar-refractivity contribution in [3.63, 3.8) is 0 Å². The minimum absolute atomic E-state index is 0.0392. The van der Waals surface area contributed by atoms with Gasteiger partial charge in [0.1, 0.15) is 5.76 Å². The lowest BCUT2D eigenvalue weighted by atomic mass is 10.1. The van der Waals surface area contributed by atoms with Crippen LogP contribution in [0.5, 0.6) is 0 Å². The molecule has 0 bridgehead atoms. The molecule has 1 heterocycles. The Hall–Kier alpha value is -1.43. The average molecular weight is 362 g/mol. The highest BCUT2D eigenvalue weighted by Gasteiger charge is 2.33. The number of hydrogen-bond acceptors (Lipinski definition) is 2. The first-order chi connectivity index (χ1) is 9.86. The van der Waals surface area contributed by atoms with Gasteiger partial charge >= 0.3 is 6.18 Å². The molecule has 0 saturated carbocycles. The van der Waals surface area contributed by atoms with Crippen LogP contribution in [0.25, 0.3) is 0 Å². The summed E-state index contributed by atoms with van der Waals surface area (Å²) in [7, 11) is 0. The summed E-state index contributed by atoms with van der Waals surface area (Å²) in [6.07, 6.45) is -1.25. The highest BCUT2D eigenvalue weighted by molar-refractivity contribution is 9.10. The molecule has 1 aromatic heterocycles. The minimum Gasteiger partial charge on any atom is -0.469 e. The second-order valence-electron chi connectivity index (χ2n) is 4.86. The summed E-state index contributed by atoms with van der Waals surface area (Å²) in [5.74, 6) is 0.871. The first-order valence-electron chi connectivity index (χ1n) is 6.52. The molecule has 0 aliphatic heterocycles. The van der Waals surface area contributed by atoms with Crippen LogP contribution in [-0.2, 0) is 12.6 Å². The fraction of sp³-hybridized carbons (Fsp3) is 0.333. The second-order valence-corrected chi connectivity index (χ2v) is 5.71. The fourth-order valence-electron chi connectivity index (χ4n) is 2.00. The first-order valence-corrected chi connectivity index (χ1v) is 7.31. The van der Waals surface area contributed by atoms with Gasteiger partial charge in [0.15, 0.2) is 0 Å². The van der Waals surface area contributed by atoms with Gasteiger partial charge in [-0.1, -0.05) is 15.9 Å². The van der Waals surface area contributed by atoms with Crippen molar-refractivity contribution in [2.75, 3.05) is 5.32 Å². The number of aryl methyl sites for hydroxylation is 1. The van der Waals surface area contributed by atoms with E-state index >= 15 is 0 Å². The number of anilines is 1. The summed E-state index contributed by atoms with van der Waals surface area (Å²) >= 11 is 2.93. The van der Waals surface area contributed by atoms with E-state index in [-0.39, 0.29) is 10.5 Å². The van der Waals surface area contributed by atoms with Crippen LogP contribution in [-0.4, -0.2) is 6.04 Å². The van der Waals surface area contributed by atoms with E-state index in [4.69, 9.17) is 4.42 Å². The molecule has 1 N–H and O–H groups in total. The number of furan rings is 1. The monoisotopic (exact) mass is 361 g/mol. The van der Waals surface area contributed by atoms with E-state index in [2.05, 4.69) is 21.2 Å². The van der Waals surface area contributed by atoms with Crippen molar-refractivity contribution >= 4 is 21.6 Å². The number of benzene rings is 1. The van der Waals surface area contributed by atoms with Gasteiger partial charge in [-0.3, -0.25) is 0 Å². The van der Waals surface area contributed by atoms with Crippen LogP contribution < -0.4 is 5.32 Å². The minimum atomic E-state index is -4.37. The summed E-state index contributed by atoms with van der Waals surface area (Å²) < 4.78 is 43.8. The first kappa shape index (κ1) is 15.9. The van der Waals surface area contributed by atoms with Crippen LogP contribution in [0, 0.1) is 0 Å². The molecule has 6 heteroatoms. The molecule has 21 heavy (non-hydrogen) atoms. The number of nitrogens with one attached hydrogen (secondary N) is 1. The predicted octanol–water partition coefficient (Wildman–Crippen LogP) is 5.49. The number of hydrogen-bond donors (Lipinski definition) is 1. The highest BCUT2D eigenvalue weighted by Crippen LogP contribution is 2.36. The maximum Gasteiger partial charge on any atom is 0.417 e. The average Bonchev–Trinajstić information content (AvgIpc) is 2.90. The predicted molar refractivity (Wildman–Crippen MR) is 79.3 cm³/mol. The maximum absolute atomic E-state index is 12.8. The Bertz CT molecular complexity index is 581. The Morgan fingerprint density at radius 1 is 1.29 bits per heavy atom. The van der Waals surface area contributed by atoms with E-state index in [1.54, 1.807) is 12.3 Å². The van der Waals surface area contributed by atoms with E-state index in [0.29, 0.717) is 5.69 Å². The van der Waals surface area contributed by atoms with Crippen LogP contribution in [0.4, 0.5) is 18.9 Å². The maximum atomic E-state index is 12.8. The molecule has 0 amide bonds. The van der Waals surface area contributed by atoms with Crippen LogP contribution in [0.2, 0.25) is 0 Å². The molecule has 1 atom stereocenters. The van der Waals surface area contributed by atoms with E-state index in [9.17, 15) is 13.2 Å². The Balaban J connectivity index is 1.99. The van der Waals surface area contributed by atoms with E-state index in [1.165, 1.54) is 6.07 Å². The Morgan fingerprint density at radius 2 is 2.05 bits per heavy atom. The van der Waals surface area contributed by atoms with Gasteiger partial charge < -0.3 is 9.73 Å². The van der Waals surface area contributed by atoms with Crippen molar-refractivity contribution in [2.45, 2.75) is 32.0 Å². The molecule has 114 valence electrons. The van der Waals surface area contributed by atoms with Crippen molar-refractivity contribution in [1.29, 1.82) is 0 Å². The van der Waals surface area contributed by atoms with Gasteiger partial charge in [0.2, 0.25) is 0 Å². The molecule has 1 unspecified atom stereocenters. The normalized spacial score (nSPS) is 13.2. The number of alkyl halides is 3. The molecule has 0 aliphatic rings. The molecule has 2 aromatic rings. The number of halogens is 4. The lowest BCUT2D eigenvalue weighted by molar-refractivity contribution is -0.138. The molecule has 0 fully saturated rings. The van der Waals surface area contributed by atoms with Gasteiger partial charge in [-0.15, -0.1) is 0 Å². The smallest absolute Gasteiger partial charge is 0.417 e. The lowest BCUT2D eigenvalue weighted by Gasteiger charge is -2.17. The van der Waals surface area contributed by atoms with Crippen molar-refractivity contribution in [3.05, 3.63) is 52.4 Å². The third-order valence-corrected chi connectivity index (χ3v) is 3.78. The van der Waals surface area contributed by atoms with Crippen LogP contribution in [0.3, 0.4) is 0 Å². The quantitative estimate of drug-likeness (QED) is 0.761. The van der Waals surface area contributed by atoms with Crippen LogP contribution >= 0.6 is 15.9 Å². The lowest BCUT2D eigenvalue weighted by Crippen LogP contribution is -2.16. The summed E-state index contributed by atoms with van der Waals surface area (Å²) in [6.45, 7) is 1.93. The molecular weight excluding hydrogens is 347 g/mol. The van der Waals surface area contributed by atoms with Gasteiger partial charge in [-0.05, 0) is 43.7 Å². The second kappa shape index (κ2) is 6.56. The summed E-state index contributed by atoms with van der Waals surface area (Å²) in [6, 6.07) is 7.89. The summed E-state index contributed by atoms with van der Waals surface area (Å²) in [5.41, 5.74) is -0.219.